The maximum atomic E-state index is 9.95. The normalized spacial score (nSPS) is 10.7. The molecule has 0 saturated heterocycles. The molecule has 0 aliphatic carbocycles. The Kier molecular flexibility index (Phi) is 5.40. The summed E-state index contributed by atoms with van der Waals surface area (Å²) in [5, 5.41) is 14.0. The van der Waals surface area contributed by atoms with Gasteiger partial charge in [0.1, 0.15) is 23.8 Å². The molecule has 1 heterocycles. The molecule has 0 amide bonds. The summed E-state index contributed by atoms with van der Waals surface area (Å²) in [5.74, 6) is 0.709. The van der Waals surface area contributed by atoms with Gasteiger partial charge >= 0.3 is 0 Å². The number of benzene rings is 1. The van der Waals surface area contributed by atoms with E-state index in [1.807, 2.05) is 0 Å². The smallest absolute Gasteiger partial charge is 0.144 e. The topological polar surface area (TPSA) is 65.7 Å². The molecule has 2 aromatic rings. The number of aromatic hydroxyl groups is 1. The van der Waals surface area contributed by atoms with Crippen LogP contribution >= 0.6 is 0 Å². The van der Waals surface area contributed by atoms with Gasteiger partial charge in [0.2, 0.25) is 0 Å². The number of methoxy groups -OCH3 is 1. The van der Waals surface area contributed by atoms with Crippen LogP contribution in [0.3, 0.4) is 0 Å². The van der Waals surface area contributed by atoms with E-state index in [9.17, 15) is 5.11 Å². The van der Waals surface area contributed by atoms with Crippen LogP contribution in [0.5, 0.6) is 11.5 Å². The Morgan fingerprint density at radius 2 is 2.05 bits per heavy atom. The van der Waals surface area contributed by atoms with Gasteiger partial charge < -0.3 is 19.3 Å². The van der Waals surface area contributed by atoms with E-state index in [4.69, 9.17) is 14.2 Å². The summed E-state index contributed by atoms with van der Waals surface area (Å²) in [6, 6.07) is 6.89. The van der Waals surface area contributed by atoms with Gasteiger partial charge in [-0.2, -0.15) is 5.10 Å². The predicted octanol–water partition coefficient (Wildman–Crippen LogP) is 1.62. The SMILES string of the molecule is COCCOCCOc1ccc(-n2cccn2)c(O)c1. The van der Waals surface area contributed by atoms with Crippen LogP contribution in [-0.4, -0.2) is 48.4 Å². The van der Waals surface area contributed by atoms with Gasteiger partial charge in [0.15, 0.2) is 0 Å². The molecule has 6 heteroatoms. The minimum Gasteiger partial charge on any atom is -0.506 e. The van der Waals surface area contributed by atoms with Crippen molar-refractivity contribution in [3.05, 3.63) is 36.7 Å². The fourth-order valence-electron chi connectivity index (χ4n) is 1.66. The summed E-state index contributed by atoms with van der Waals surface area (Å²) in [4.78, 5) is 0. The molecule has 1 N–H and O–H groups in total. The van der Waals surface area contributed by atoms with E-state index in [1.165, 1.54) is 0 Å². The number of rotatable bonds is 8. The second kappa shape index (κ2) is 7.52. The highest BCUT2D eigenvalue weighted by Crippen LogP contribution is 2.26. The van der Waals surface area contributed by atoms with Gasteiger partial charge in [-0.3, -0.25) is 0 Å². The van der Waals surface area contributed by atoms with Crippen molar-refractivity contribution in [2.24, 2.45) is 0 Å². The Labute approximate surface area is 117 Å². The van der Waals surface area contributed by atoms with Crippen LogP contribution in [0, 0.1) is 0 Å². The molecule has 0 radical (unpaired) electrons. The predicted molar refractivity (Wildman–Crippen MR) is 73.4 cm³/mol. The van der Waals surface area contributed by atoms with Gasteiger partial charge in [-0.05, 0) is 18.2 Å². The molecule has 0 unspecified atom stereocenters. The number of phenolic OH excluding ortho intramolecular Hbond substituents is 1. The van der Waals surface area contributed by atoms with Gasteiger partial charge in [0, 0.05) is 25.6 Å². The summed E-state index contributed by atoms with van der Waals surface area (Å²) in [7, 11) is 1.63. The quantitative estimate of drug-likeness (QED) is 0.743. The van der Waals surface area contributed by atoms with Crippen molar-refractivity contribution in [3.63, 3.8) is 0 Å². The average Bonchev–Trinajstić information content (AvgIpc) is 2.97. The molecular formula is C14H18N2O4. The van der Waals surface area contributed by atoms with Crippen LogP contribution in [0.15, 0.2) is 36.7 Å². The molecule has 0 spiro atoms. The van der Waals surface area contributed by atoms with Crippen LogP contribution in [0.1, 0.15) is 0 Å². The van der Waals surface area contributed by atoms with Crippen molar-refractivity contribution in [3.8, 4) is 17.2 Å². The van der Waals surface area contributed by atoms with Crippen LogP contribution in [0.25, 0.3) is 5.69 Å². The minimum atomic E-state index is 0.117. The third-order valence-corrected chi connectivity index (χ3v) is 2.63. The first-order valence-electron chi connectivity index (χ1n) is 6.34. The first kappa shape index (κ1) is 14.4. The highest BCUT2D eigenvalue weighted by Gasteiger charge is 2.05. The lowest BCUT2D eigenvalue weighted by Gasteiger charge is -2.09. The van der Waals surface area contributed by atoms with Crippen molar-refractivity contribution >= 4 is 0 Å². The van der Waals surface area contributed by atoms with Crippen LogP contribution < -0.4 is 4.74 Å². The number of aromatic nitrogens is 2. The molecule has 108 valence electrons. The Morgan fingerprint density at radius 1 is 1.20 bits per heavy atom. The molecule has 0 aliphatic rings. The summed E-state index contributed by atoms with van der Waals surface area (Å²) >= 11 is 0. The Hall–Kier alpha value is -2.05. The van der Waals surface area contributed by atoms with Crippen LogP contribution in [0.4, 0.5) is 0 Å². The van der Waals surface area contributed by atoms with E-state index in [0.717, 1.165) is 0 Å². The molecule has 20 heavy (non-hydrogen) atoms. The maximum absolute atomic E-state index is 9.95. The fraction of sp³-hybridized carbons (Fsp3) is 0.357. The van der Waals surface area contributed by atoms with Crippen molar-refractivity contribution in [1.29, 1.82) is 0 Å². The summed E-state index contributed by atoms with van der Waals surface area (Å²) in [6.45, 7) is 2.01. The molecule has 2 rings (SSSR count). The third kappa shape index (κ3) is 3.97. The van der Waals surface area contributed by atoms with Gasteiger partial charge in [0.05, 0.1) is 19.8 Å². The first-order valence-corrected chi connectivity index (χ1v) is 6.34. The van der Waals surface area contributed by atoms with Gasteiger partial charge in [-0.15, -0.1) is 0 Å². The van der Waals surface area contributed by atoms with Crippen molar-refractivity contribution in [1.82, 2.24) is 9.78 Å². The highest BCUT2D eigenvalue weighted by molar-refractivity contribution is 5.49. The largest absolute Gasteiger partial charge is 0.506 e. The molecule has 0 aliphatic heterocycles. The van der Waals surface area contributed by atoms with E-state index < -0.39 is 0 Å². The molecular weight excluding hydrogens is 260 g/mol. The van der Waals surface area contributed by atoms with Gasteiger partial charge in [0.25, 0.3) is 0 Å². The lowest BCUT2D eigenvalue weighted by molar-refractivity contribution is 0.0544. The first-order chi connectivity index (χ1) is 9.81. The summed E-state index contributed by atoms with van der Waals surface area (Å²) in [5.41, 5.74) is 0.610. The number of nitrogens with zero attached hydrogens (tertiary/aromatic N) is 2. The van der Waals surface area contributed by atoms with E-state index in [2.05, 4.69) is 5.10 Å². The van der Waals surface area contributed by atoms with Crippen LogP contribution in [0.2, 0.25) is 0 Å². The number of hydrogen-bond acceptors (Lipinski definition) is 5. The van der Waals surface area contributed by atoms with E-state index in [-0.39, 0.29) is 5.75 Å². The zero-order valence-electron chi connectivity index (χ0n) is 11.4. The molecule has 1 aromatic carbocycles. The molecule has 0 atom stereocenters. The lowest BCUT2D eigenvalue weighted by atomic mass is 10.3. The molecule has 0 saturated carbocycles. The number of ether oxygens (including phenoxy) is 3. The fourth-order valence-corrected chi connectivity index (χ4v) is 1.66. The molecule has 0 bridgehead atoms. The standard InChI is InChI=1S/C14H18N2O4/c1-18-7-8-19-9-10-20-12-3-4-13(14(17)11-12)16-6-2-5-15-16/h2-6,11,17H,7-10H2,1H3. The van der Waals surface area contributed by atoms with Crippen LogP contribution in [-0.2, 0) is 9.47 Å². The molecule has 0 fully saturated rings. The van der Waals surface area contributed by atoms with Crippen molar-refractivity contribution in [2.75, 3.05) is 33.5 Å². The van der Waals surface area contributed by atoms with Crippen molar-refractivity contribution in [2.45, 2.75) is 0 Å². The Morgan fingerprint density at radius 3 is 2.75 bits per heavy atom. The minimum absolute atomic E-state index is 0.117. The lowest BCUT2D eigenvalue weighted by Crippen LogP contribution is -2.10. The number of hydrogen-bond donors (Lipinski definition) is 1. The second-order valence-electron chi connectivity index (χ2n) is 4.05. The Balaban J connectivity index is 1.83. The number of phenols is 1. The zero-order valence-corrected chi connectivity index (χ0v) is 11.4. The van der Waals surface area contributed by atoms with E-state index in [1.54, 1.807) is 48.5 Å². The third-order valence-electron chi connectivity index (χ3n) is 2.63. The van der Waals surface area contributed by atoms with E-state index in [0.29, 0.717) is 37.9 Å². The van der Waals surface area contributed by atoms with Crippen molar-refractivity contribution < 1.29 is 19.3 Å². The molecule has 6 nitrogen and oxygen atoms in total. The monoisotopic (exact) mass is 278 g/mol. The summed E-state index contributed by atoms with van der Waals surface area (Å²) in [6.07, 6.45) is 3.42. The highest BCUT2D eigenvalue weighted by atomic mass is 16.5. The zero-order chi connectivity index (χ0) is 14.2. The average molecular weight is 278 g/mol. The van der Waals surface area contributed by atoms with E-state index >= 15 is 0 Å². The van der Waals surface area contributed by atoms with Gasteiger partial charge in [-0.1, -0.05) is 0 Å². The van der Waals surface area contributed by atoms with Gasteiger partial charge in [-0.25, -0.2) is 4.68 Å². The summed E-state index contributed by atoms with van der Waals surface area (Å²) < 4.78 is 17.2. The maximum Gasteiger partial charge on any atom is 0.144 e. The molecule has 1 aromatic heterocycles. The second-order valence-corrected chi connectivity index (χ2v) is 4.05. The Bertz CT molecular complexity index is 514.